The number of hydrogen-bond donors (Lipinski definition) is 0. The van der Waals surface area contributed by atoms with Gasteiger partial charge in [0.05, 0.1) is 23.7 Å². The zero-order chi connectivity index (χ0) is 11.7. The number of alkyl halides is 1. The molecule has 0 radical (unpaired) electrons. The van der Waals surface area contributed by atoms with Gasteiger partial charge in [0.25, 0.3) is 11.8 Å². The Morgan fingerprint density at radius 1 is 1.25 bits per heavy atom. The van der Waals surface area contributed by atoms with Crippen LogP contribution in [0, 0.1) is 11.3 Å². The van der Waals surface area contributed by atoms with Crippen molar-refractivity contribution in [1.29, 1.82) is 5.26 Å². The topological polar surface area (TPSA) is 61.2 Å². The lowest BCUT2D eigenvalue weighted by atomic mass is 10.1. The van der Waals surface area contributed by atoms with E-state index < -0.39 is 5.38 Å². The van der Waals surface area contributed by atoms with Crippen LogP contribution in [0.3, 0.4) is 0 Å². The Kier molecular flexibility index (Phi) is 2.63. The van der Waals surface area contributed by atoms with Gasteiger partial charge in [0, 0.05) is 0 Å². The average molecular weight is 235 g/mol. The quantitative estimate of drug-likeness (QED) is 0.574. The maximum absolute atomic E-state index is 11.8. The van der Waals surface area contributed by atoms with Gasteiger partial charge in [-0.25, -0.2) is 0 Å². The second-order valence-corrected chi connectivity index (χ2v) is 3.89. The molecule has 1 unspecified atom stereocenters. The molecule has 1 aliphatic rings. The summed E-state index contributed by atoms with van der Waals surface area (Å²) in [5.74, 6) is -0.775. The first kappa shape index (κ1) is 10.7. The Hall–Kier alpha value is -1.86. The maximum Gasteiger partial charge on any atom is 0.261 e. The maximum atomic E-state index is 11.8. The summed E-state index contributed by atoms with van der Waals surface area (Å²) in [4.78, 5) is 24.6. The SMILES string of the molecule is N#CC(Cl)CN1C(=O)c2ccccc2C1=O. The van der Waals surface area contributed by atoms with Crippen molar-refractivity contribution < 1.29 is 9.59 Å². The van der Waals surface area contributed by atoms with Crippen molar-refractivity contribution in [3.8, 4) is 6.07 Å². The van der Waals surface area contributed by atoms with E-state index >= 15 is 0 Å². The molecule has 4 nitrogen and oxygen atoms in total. The van der Waals surface area contributed by atoms with Crippen molar-refractivity contribution >= 4 is 23.4 Å². The molecule has 0 saturated carbocycles. The molecule has 1 atom stereocenters. The van der Waals surface area contributed by atoms with Crippen molar-refractivity contribution in [2.24, 2.45) is 0 Å². The minimum Gasteiger partial charge on any atom is -0.272 e. The van der Waals surface area contributed by atoms with Gasteiger partial charge in [-0.3, -0.25) is 14.5 Å². The zero-order valence-electron chi connectivity index (χ0n) is 8.18. The number of amides is 2. The van der Waals surface area contributed by atoms with Crippen LogP contribution in [-0.2, 0) is 0 Å². The van der Waals surface area contributed by atoms with Gasteiger partial charge in [0.2, 0.25) is 0 Å². The van der Waals surface area contributed by atoms with Crippen molar-refractivity contribution in [1.82, 2.24) is 4.90 Å². The number of halogens is 1. The van der Waals surface area contributed by atoms with Gasteiger partial charge in [-0.1, -0.05) is 12.1 Å². The second-order valence-electron chi connectivity index (χ2n) is 3.36. The third kappa shape index (κ3) is 1.55. The highest BCUT2D eigenvalue weighted by atomic mass is 35.5. The lowest BCUT2D eigenvalue weighted by Crippen LogP contribution is -2.34. The molecule has 0 fully saturated rings. The van der Waals surface area contributed by atoms with Gasteiger partial charge in [-0.15, -0.1) is 11.6 Å². The van der Waals surface area contributed by atoms with Crippen LogP contribution in [0.15, 0.2) is 24.3 Å². The van der Waals surface area contributed by atoms with Crippen LogP contribution in [0.2, 0.25) is 0 Å². The van der Waals surface area contributed by atoms with E-state index in [-0.39, 0.29) is 18.4 Å². The Morgan fingerprint density at radius 3 is 2.19 bits per heavy atom. The first-order valence-corrected chi connectivity index (χ1v) is 5.07. The molecular weight excluding hydrogens is 228 g/mol. The Labute approximate surface area is 97.0 Å². The van der Waals surface area contributed by atoms with E-state index in [9.17, 15) is 9.59 Å². The smallest absolute Gasteiger partial charge is 0.261 e. The van der Waals surface area contributed by atoms with E-state index in [1.807, 2.05) is 0 Å². The molecule has 0 bridgehead atoms. The fraction of sp³-hybridized carbons (Fsp3) is 0.182. The van der Waals surface area contributed by atoms with E-state index in [1.54, 1.807) is 30.3 Å². The van der Waals surface area contributed by atoms with Crippen molar-refractivity contribution in [3.05, 3.63) is 35.4 Å². The minimum atomic E-state index is -0.873. The number of rotatable bonds is 2. The van der Waals surface area contributed by atoms with Crippen LogP contribution in [0.25, 0.3) is 0 Å². The van der Waals surface area contributed by atoms with Crippen LogP contribution in [0.4, 0.5) is 0 Å². The molecular formula is C11H7ClN2O2. The molecule has 16 heavy (non-hydrogen) atoms. The minimum absolute atomic E-state index is 0.0790. The fourth-order valence-corrected chi connectivity index (χ4v) is 1.74. The molecule has 5 heteroatoms. The van der Waals surface area contributed by atoms with Crippen LogP contribution >= 0.6 is 11.6 Å². The Bertz CT molecular complexity index is 472. The lowest BCUT2D eigenvalue weighted by molar-refractivity contribution is 0.0658. The van der Waals surface area contributed by atoms with Crippen molar-refractivity contribution in [3.63, 3.8) is 0 Å². The van der Waals surface area contributed by atoms with Gasteiger partial charge in [-0.05, 0) is 12.1 Å². The third-order valence-corrected chi connectivity index (χ3v) is 2.60. The number of carbonyl (C=O) groups is 2. The summed E-state index contributed by atoms with van der Waals surface area (Å²) < 4.78 is 0. The number of fused-ring (bicyclic) bond motifs is 1. The highest BCUT2D eigenvalue weighted by molar-refractivity contribution is 6.24. The summed E-state index contributed by atoms with van der Waals surface area (Å²) in [6, 6.07) is 8.34. The zero-order valence-corrected chi connectivity index (χ0v) is 8.94. The Balaban J connectivity index is 2.33. The van der Waals surface area contributed by atoms with E-state index in [1.165, 1.54) is 0 Å². The number of carbonyl (C=O) groups excluding carboxylic acids is 2. The summed E-state index contributed by atoms with van der Waals surface area (Å²) in [7, 11) is 0. The van der Waals surface area contributed by atoms with Crippen LogP contribution < -0.4 is 0 Å². The van der Waals surface area contributed by atoms with Gasteiger partial charge in [0.1, 0.15) is 5.38 Å². The molecule has 0 N–H and O–H groups in total. The van der Waals surface area contributed by atoms with Crippen molar-refractivity contribution in [2.75, 3.05) is 6.54 Å². The number of imide groups is 1. The largest absolute Gasteiger partial charge is 0.272 e. The molecule has 0 spiro atoms. The summed E-state index contributed by atoms with van der Waals surface area (Å²) in [6.45, 7) is -0.0790. The molecule has 1 aliphatic heterocycles. The monoisotopic (exact) mass is 234 g/mol. The van der Waals surface area contributed by atoms with Gasteiger partial charge >= 0.3 is 0 Å². The van der Waals surface area contributed by atoms with Crippen LogP contribution in [0.5, 0.6) is 0 Å². The van der Waals surface area contributed by atoms with E-state index in [4.69, 9.17) is 16.9 Å². The highest BCUT2D eigenvalue weighted by Gasteiger charge is 2.35. The first-order chi connectivity index (χ1) is 7.65. The van der Waals surface area contributed by atoms with E-state index in [2.05, 4.69) is 0 Å². The van der Waals surface area contributed by atoms with Crippen LogP contribution in [0.1, 0.15) is 20.7 Å². The number of benzene rings is 1. The van der Waals surface area contributed by atoms with E-state index in [0.717, 1.165) is 4.90 Å². The van der Waals surface area contributed by atoms with Gasteiger partial charge < -0.3 is 0 Å². The lowest BCUT2D eigenvalue weighted by Gasteiger charge is -2.13. The molecule has 2 amide bonds. The van der Waals surface area contributed by atoms with E-state index in [0.29, 0.717) is 11.1 Å². The number of nitrogens with zero attached hydrogens (tertiary/aromatic N) is 2. The molecule has 1 aromatic rings. The number of hydrogen-bond acceptors (Lipinski definition) is 3. The summed E-state index contributed by atoms with van der Waals surface area (Å²) in [6.07, 6.45) is 0. The Morgan fingerprint density at radius 2 is 1.75 bits per heavy atom. The molecule has 1 aromatic carbocycles. The molecule has 0 saturated heterocycles. The predicted octanol–water partition coefficient (Wildman–Crippen LogP) is 1.41. The third-order valence-electron chi connectivity index (χ3n) is 2.36. The van der Waals surface area contributed by atoms with Crippen molar-refractivity contribution in [2.45, 2.75) is 5.38 Å². The number of nitriles is 1. The highest BCUT2D eigenvalue weighted by Crippen LogP contribution is 2.22. The molecule has 2 rings (SSSR count). The normalized spacial score (nSPS) is 15.9. The molecule has 0 aromatic heterocycles. The summed E-state index contributed by atoms with van der Waals surface area (Å²) in [5, 5.41) is 7.68. The van der Waals surface area contributed by atoms with Gasteiger partial charge in [0.15, 0.2) is 0 Å². The summed E-state index contributed by atoms with van der Waals surface area (Å²) in [5.41, 5.74) is 0.739. The van der Waals surface area contributed by atoms with Crippen LogP contribution in [-0.4, -0.2) is 28.6 Å². The molecule has 0 aliphatic carbocycles. The molecule has 80 valence electrons. The average Bonchev–Trinajstić information content (AvgIpc) is 2.55. The standard InChI is InChI=1S/C11H7ClN2O2/c12-7(5-13)6-14-10(15)8-3-1-2-4-9(8)11(14)16/h1-4,7H,6H2. The molecule has 1 heterocycles. The van der Waals surface area contributed by atoms with Gasteiger partial charge in [-0.2, -0.15) is 5.26 Å². The first-order valence-electron chi connectivity index (χ1n) is 4.64. The predicted molar refractivity (Wildman–Crippen MR) is 57.1 cm³/mol. The second kappa shape index (κ2) is 3.95. The summed E-state index contributed by atoms with van der Waals surface area (Å²) >= 11 is 5.61. The fourth-order valence-electron chi connectivity index (χ4n) is 1.61.